The number of nitrogens with two attached hydrogens (primary N) is 1. The highest BCUT2D eigenvalue weighted by atomic mass is 32.2. The van der Waals surface area contributed by atoms with Crippen LogP contribution in [0.1, 0.15) is 19.5 Å². The highest BCUT2D eigenvalue weighted by Gasteiger charge is 2.55. The van der Waals surface area contributed by atoms with Crippen molar-refractivity contribution in [1.82, 2.24) is 15.2 Å². The standard InChI is InChI=1S/C24H22N6O8S2/c1-24(2,22(35)36)38-28-15(13-9-37-23(25)26-13)18(31)27-16-19(32)30-17(21(33)34)12(10-40-20(16)30)8-29-5-3-14-11(7-29)4-6-39-14/h3-7,9,16,20H,8,10H2,1-2H3,(H4-,25,26,27,31,33,34,35,36)/p+1/b28-15-/t16?,20-/m1/s1. The normalized spacial score (nSPS) is 19.3. The number of fused-ring (bicyclic) bond motifs is 2. The molecular formula is C24H23N6O8S2+. The Morgan fingerprint density at radius 2 is 2.12 bits per heavy atom. The largest absolute Gasteiger partial charge is 0.478 e. The van der Waals surface area contributed by atoms with Crippen LogP contribution in [0.3, 0.4) is 0 Å². The van der Waals surface area contributed by atoms with Gasteiger partial charge in [0.2, 0.25) is 5.60 Å². The van der Waals surface area contributed by atoms with E-state index in [0.717, 1.165) is 21.2 Å². The summed E-state index contributed by atoms with van der Waals surface area (Å²) in [6, 6.07) is 2.56. The molecule has 14 nitrogen and oxygen atoms in total. The van der Waals surface area contributed by atoms with Gasteiger partial charge in [-0.15, -0.1) is 23.1 Å². The number of oxazole rings is 1. The van der Waals surface area contributed by atoms with Crippen LogP contribution in [0.5, 0.6) is 0 Å². The van der Waals surface area contributed by atoms with E-state index in [1.54, 1.807) is 11.3 Å². The van der Waals surface area contributed by atoms with Gasteiger partial charge in [-0.3, -0.25) is 14.5 Å². The first-order chi connectivity index (χ1) is 19.0. The molecule has 40 heavy (non-hydrogen) atoms. The summed E-state index contributed by atoms with van der Waals surface area (Å²) in [7, 11) is 0. The molecule has 0 bridgehead atoms. The zero-order valence-electron chi connectivity index (χ0n) is 21.1. The molecule has 5 N–H and O–H groups in total. The highest BCUT2D eigenvalue weighted by molar-refractivity contribution is 8.00. The lowest BCUT2D eigenvalue weighted by atomic mass is 10.0. The number of carboxylic acid groups (broad SMARTS) is 2. The number of rotatable bonds is 9. The number of aromatic nitrogens is 2. The van der Waals surface area contributed by atoms with Gasteiger partial charge in [0.15, 0.2) is 24.7 Å². The first-order valence-corrected chi connectivity index (χ1v) is 13.7. The second-order valence-corrected chi connectivity index (χ2v) is 11.4. The lowest BCUT2D eigenvalue weighted by Gasteiger charge is -2.49. The highest BCUT2D eigenvalue weighted by Crippen LogP contribution is 2.40. The van der Waals surface area contributed by atoms with Gasteiger partial charge in [-0.25, -0.2) is 14.2 Å². The van der Waals surface area contributed by atoms with Gasteiger partial charge in [-0.2, -0.15) is 4.98 Å². The SMILES string of the molecule is CC(C)(O/N=C(\C(=O)NC1C(=O)N2C(C(=O)O)=C(C[n+]3ccc4sccc4c3)CS[C@H]12)c1coc(N)n1)C(=O)O. The number of nitrogen functional groups attached to an aromatic ring is 1. The number of β-lactam (4-membered cyclic amide) rings is 1. The molecule has 16 heteroatoms. The van der Waals surface area contributed by atoms with Crippen LogP contribution in [0.25, 0.3) is 10.1 Å². The third-order valence-electron chi connectivity index (χ3n) is 6.22. The summed E-state index contributed by atoms with van der Waals surface area (Å²) < 4.78 is 7.90. The van der Waals surface area contributed by atoms with E-state index in [1.165, 1.54) is 25.6 Å². The van der Waals surface area contributed by atoms with Crippen molar-refractivity contribution >= 4 is 68.7 Å². The van der Waals surface area contributed by atoms with Crippen LogP contribution in [-0.2, 0) is 30.6 Å². The number of thiophene rings is 1. The van der Waals surface area contributed by atoms with Crippen LogP contribution in [-0.4, -0.2) is 72.3 Å². The summed E-state index contributed by atoms with van der Waals surface area (Å²) in [5.41, 5.74) is 3.52. The third kappa shape index (κ3) is 4.98. The van der Waals surface area contributed by atoms with Crippen LogP contribution in [0, 0.1) is 0 Å². The number of carbonyl (C=O) groups excluding carboxylic acids is 2. The Morgan fingerprint density at radius 1 is 1.35 bits per heavy atom. The van der Waals surface area contributed by atoms with Crippen molar-refractivity contribution in [3.05, 3.63) is 53.1 Å². The van der Waals surface area contributed by atoms with Gasteiger partial charge in [-0.1, -0.05) is 5.16 Å². The summed E-state index contributed by atoms with van der Waals surface area (Å²) in [4.78, 5) is 60.0. The van der Waals surface area contributed by atoms with Crippen molar-refractivity contribution in [2.24, 2.45) is 5.16 Å². The Labute approximate surface area is 234 Å². The maximum atomic E-state index is 13.2. The fourth-order valence-corrected chi connectivity index (χ4v) is 6.18. The van der Waals surface area contributed by atoms with E-state index >= 15 is 0 Å². The second-order valence-electron chi connectivity index (χ2n) is 9.39. The summed E-state index contributed by atoms with van der Waals surface area (Å²) in [5.74, 6) is -3.81. The number of nitrogens with one attached hydrogen (secondary N) is 1. The average Bonchev–Trinajstić information content (AvgIpc) is 3.55. The van der Waals surface area contributed by atoms with Crippen molar-refractivity contribution in [3.8, 4) is 0 Å². The van der Waals surface area contributed by atoms with E-state index in [0.29, 0.717) is 11.3 Å². The van der Waals surface area contributed by atoms with Crippen molar-refractivity contribution in [1.29, 1.82) is 0 Å². The molecule has 2 aliphatic rings. The lowest BCUT2D eigenvalue weighted by molar-refractivity contribution is -0.687. The molecule has 5 heterocycles. The topological polar surface area (TPSA) is 202 Å². The fourth-order valence-electron chi connectivity index (χ4n) is 4.09. The fraction of sp³-hybridized carbons (Fsp3) is 0.292. The Balaban J connectivity index is 1.36. The Hall–Kier alpha value is -4.44. The first kappa shape index (κ1) is 27.1. The van der Waals surface area contributed by atoms with Gasteiger partial charge in [0.25, 0.3) is 17.8 Å². The molecule has 3 aromatic rings. The lowest BCUT2D eigenvalue weighted by Crippen LogP contribution is -2.71. The number of hydrogen-bond acceptors (Lipinski definition) is 11. The minimum atomic E-state index is -1.79. The minimum absolute atomic E-state index is 0.123. The van der Waals surface area contributed by atoms with Crippen LogP contribution < -0.4 is 15.6 Å². The molecule has 2 amide bonds. The predicted molar refractivity (Wildman–Crippen MR) is 142 cm³/mol. The van der Waals surface area contributed by atoms with Crippen molar-refractivity contribution < 1.29 is 43.2 Å². The summed E-state index contributed by atoms with van der Waals surface area (Å²) >= 11 is 2.91. The zero-order valence-corrected chi connectivity index (χ0v) is 22.7. The molecule has 0 spiro atoms. The van der Waals surface area contributed by atoms with Crippen LogP contribution in [0.2, 0.25) is 0 Å². The second kappa shape index (κ2) is 10.3. The number of oxime groups is 1. The molecule has 1 fully saturated rings. The Bertz CT molecular complexity index is 1610. The smallest absolute Gasteiger partial charge is 0.352 e. The molecule has 0 aromatic carbocycles. The molecule has 0 radical (unpaired) electrons. The predicted octanol–water partition coefficient (Wildman–Crippen LogP) is 0.782. The van der Waals surface area contributed by atoms with Crippen molar-refractivity contribution in [2.45, 2.75) is 37.4 Å². The summed E-state index contributed by atoms with van der Waals surface area (Å²) in [6.07, 6.45) is 4.80. The van der Waals surface area contributed by atoms with Gasteiger partial charge < -0.3 is 30.5 Å². The number of aliphatic carboxylic acids is 2. The van der Waals surface area contributed by atoms with Gasteiger partial charge in [0, 0.05) is 22.1 Å². The van der Waals surface area contributed by atoms with Gasteiger partial charge in [0.1, 0.15) is 29.1 Å². The maximum Gasteiger partial charge on any atom is 0.352 e. The number of hydrogen-bond donors (Lipinski definition) is 4. The third-order valence-corrected chi connectivity index (χ3v) is 8.46. The van der Waals surface area contributed by atoms with E-state index in [9.17, 15) is 29.4 Å². The zero-order chi connectivity index (χ0) is 28.8. The average molecular weight is 588 g/mol. The van der Waals surface area contributed by atoms with E-state index in [1.807, 2.05) is 34.5 Å². The van der Waals surface area contributed by atoms with Crippen molar-refractivity contribution in [3.63, 3.8) is 0 Å². The number of nitrogens with zero attached hydrogens (tertiary/aromatic N) is 4. The van der Waals surface area contributed by atoms with Gasteiger partial charge in [0.05, 0.1) is 5.39 Å². The number of carbonyl (C=O) groups is 4. The summed E-state index contributed by atoms with van der Waals surface area (Å²) in [6.45, 7) is 2.73. The van der Waals surface area contributed by atoms with Crippen molar-refractivity contribution in [2.75, 3.05) is 11.5 Å². The van der Waals surface area contributed by atoms with Gasteiger partial charge in [-0.05, 0) is 25.3 Å². The molecule has 0 saturated carbocycles. The molecule has 2 aliphatic heterocycles. The summed E-state index contributed by atoms with van der Waals surface area (Å²) in [5, 5.41) is 27.8. The molecular weight excluding hydrogens is 564 g/mol. The van der Waals surface area contributed by atoms with Crippen LogP contribution in [0.4, 0.5) is 6.01 Å². The number of thioether (sulfide) groups is 1. The number of carboxylic acids is 2. The van der Waals surface area contributed by atoms with E-state index in [2.05, 4.69) is 15.5 Å². The monoisotopic (exact) mass is 587 g/mol. The minimum Gasteiger partial charge on any atom is -0.478 e. The van der Waals surface area contributed by atoms with Gasteiger partial charge >= 0.3 is 11.9 Å². The Morgan fingerprint density at radius 3 is 2.80 bits per heavy atom. The van der Waals surface area contributed by atoms with E-state index in [-0.39, 0.29) is 24.0 Å². The molecule has 1 unspecified atom stereocenters. The van der Waals surface area contributed by atoms with Crippen LogP contribution >= 0.6 is 23.1 Å². The molecule has 0 aliphatic carbocycles. The quantitative estimate of drug-likeness (QED) is 0.119. The van der Waals surface area contributed by atoms with Crippen LogP contribution in [0.15, 0.2) is 57.0 Å². The maximum absolute atomic E-state index is 13.2. The molecule has 208 valence electrons. The van der Waals surface area contributed by atoms with E-state index in [4.69, 9.17) is 15.0 Å². The number of anilines is 1. The Kier molecular flexibility index (Phi) is 6.97. The molecule has 3 aromatic heterocycles. The number of amides is 2. The number of pyridine rings is 1. The molecule has 5 rings (SSSR count). The molecule has 2 atom stereocenters. The first-order valence-electron chi connectivity index (χ1n) is 11.7. The van der Waals surface area contributed by atoms with E-state index < -0.39 is 46.5 Å². The molecule has 1 saturated heterocycles.